The van der Waals surface area contributed by atoms with E-state index in [-0.39, 0.29) is 23.1 Å². The van der Waals surface area contributed by atoms with Crippen LogP contribution in [0.15, 0.2) is 42.6 Å². The molecular weight excluding hydrogens is 537 g/mol. The van der Waals surface area contributed by atoms with Crippen LogP contribution in [-0.2, 0) is 6.54 Å². The van der Waals surface area contributed by atoms with Crippen molar-refractivity contribution in [1.82, 2.24) is 19.8 Å². The van der Waals surface area contributed by atoms with E-state index in [4.69, 9.17) is 16.3 Å². The first kappa shape index (κ1) is 28.4. The molecule has 1 aliphatic heterocycles. The summed E-state index contributed by atoms with van der Waals surface area (Å²) in [7, 11) is 2.10. The van der Waals surface area contributed by atoms with Gasteiger partial charge in [-0.2, -0.15) is 4.98 Å². The average Bonchev–Trinajstić information content (AvgIpc) is 2.91. The summed E-state index contributed by atoms with van der Waals surface area (Å²) < 4.78 is 48.3. The number of halogens is 4. The normalized spacial score (nSPS) is 14.3. The lowest BCUT2D eigenvalue weighted by Gasteiger charge is -2.32. The summed E-state index contributed by atoms with van der Waals surface area (Å²) in [6.07, 6.45) is 0.576. The zero-order valence-corrected chi connectivity index (χ0v) is 22.0. The number of nitrogens with one attached hydrogen (secondary N) is 1. The predicted molar refractivity (Wildman–Crippen MR) is 141 cm³/mol. The summed E-state index contributed by atoms with van der Waals surface area (Å²) in [5.41, 5.74) is -0.0380. The van der Waals surface area contributed by atoms with Gasteiger partial charge >= 0.3 is 6.09 Å². The minimum Gasteiger partial charge on any atom is -0.490 e. The fraction of sp³-hybridized carbons (Fsp3) is 0.346. The molecule has 1 aliphatic rings. The van der Waals surface area contributed by atoms with Crippen molar-refractivity contribution in [1.29, 1.82) is 0 Å². The number of aromatic nitrogens is 2. The van der Waals surface area contributed by atoms with E-state index in [2.05, 4.69) is 32.1 Å². The number of rotatable bonds is 10. The molecule has 1 saturated heterocycles. The van der Waals surface area contributed by atoms with Gasteiger partial charge in [0.05, 0.1) is 18.2 Å². The number of ether oxygens (including phenoxy) is 1. The third-order valence-electron chi connectivity index (χ3n) is 6.26. The average molecular weight is 565 g/mol. The van der Waals surface area contributed by atoms with Crippen LogP contribution in [0.4, 0.5) is 35.4 Å². The van der Waals surface area contributed by atoms with Gasteiger partial charge in [-0.15, -0.1) is 0 Å². The van der Waals surface area contributed by atoms with E-state index in [0.29, 0.717) is 17.2 Å². The summed E-state index contributed by atoms with van der Waals surface area (Å²) in [6.45, 7) is 4.75. The molecule has 208 valence electrons. The molecule has 1 amide bonds. The molecule has 4 rings (SSSR count). The Morgan fingerprint density at radius 2 is 1.85 bits per heavy atom. The van der Waals surface area contributed by atoms with Gasteiger partial charge in [0.2, 0.25) is 5.95 Å². The summed E-state index contributed by atoms with van der Waals surface area (Å²) in [5, 5.41) is 12.0. The smallest absolute Gasteiger partial charge is 0.413 e. The molecule has 39 heavy (non-hydrogen) atoms. The second-order valence-electron chi connectivity index (χ2n) is 9.05. The number of amides is 1. The number of benzene rings is 2. The molecular formula is C26H28ClF3N6O3. The van der Waals surface area contributed by atoms with Gasteiger partial charge in [-0.1, -0.05) is 11.6 Å². The summed E-state index contributed by atoms with van der Waals surface area (Å²) in [5.74, 6) is -2.38. The Bertz CT molecular complexity index is 1310. The van der Waals surface area contributed by atoms with Crippen LogP contribution in [0, 0.1) is 17.5 Å². The maximum Gasteiger partial charge on any atom is 0.413 e. The molecule has 0 unspecified atom stereocenters. The van der Waals surface area contributed by atoms with Crippen molar-refractivity contribution >= 4 is 35.1 Å². The molecule has 0 radical (unpaired) electrons. The Morgan fingerprint density at radius 3 is 2.56 bits per heavy atom. The second-order valence-corrected chi connectivity index (χ2v) is 9.42. The molecule has 0 atom stereocenters. The van der Waals surface area contributed by atoms with Gasteiger partial charge in [0, 0.05) is 56.2 Å². The molecule has 0 saturated carbocycles. The quantitative estimate of drug-likeness (QED) is 0.263. The van der Waals surface area contributed by atoms with Crippen molar-refractivity contribution in [2.24, 2.45) is 0 Å². The van der Waals surface area contributed by atoms with Gasteiger partial charge in [-0.3, -0.25) is 4.90 Å². The monoisotopic (exact) mass is 564 g/mol. The molecule has 0 bridgehead atoms. The minimum absolute atomic E-state index is 0.0372. The van der Waals surface area contributed by atoms with Gasteiger partial charge in [-0.05, 0) is 43.8 Å². The SMILES string of the molecule is CN1CCN(CCCOc2ccc(Nc3nccc(N(Cc4c(F)ccc(F)c4Cl)C(=O)O)n3)cc2F)CC1. The van der Waals surface area contributed by atoms with E-state index in [1.165, 1.54) is 24.4 Å². The lowest BCUT2D eigenvalue weighted by atomic mass is 10.2. The van der Waals surface area contributed by atoms with E-state index in [0.717, 1.165) is 51.3 Å². The molecule has 1 aromatic heterocycles. The Hall–Kier alpha value is -3.61. The molecule has 0 aliphatic carbocycles. The third kappa shape index (κ3) is 7.49. The molecule has 2 N–H and O–H groups in total. The fourth-order valence-electron chi connectivity index (χ4n) is 4.04. The molecule has 2 aromatic carbocycles. The molecule has 0 spiro atoms. The highest BCUT2D eigenvalue weighted by atomic mass is 35.5. The number of anilines is 3. The van der Waals surface area contributed by atoms with Crippen molar-refractivity contribution in [2.45, 2.75) is 13.0 Å². The van der Waals surface area contributed by atoms with E-state index < -0.39 is 35.1 Å². The first-order chi connectivity index (χ1) is 18.7. The number of carbonyl (C=O) groups is 1. The minimum atomic E-state index is -1.47. The standard InChI is InChI=1S/C26H28ClF3N6O3/c1-34-10-12-35(13-11-34)9-2-14-39-22-6-3-17(15-21(22)30)32-25-31-8-7-23(33-25)36(26(37)38)16-18-19(28)4-5-20(29)24(18)27/h3-8,15H,2,9-14,16H2,1H3,(H,37,38)(H,31,32,33). The number of hydrogen-bond donors (Lipinski definition) is 2. The molecule has 1 fully saturated rings. The van der Waals surface area contributed by atoms with Crippen LogP contribution in [0.1, 0.15) is 12.0 Å². The van der Waals surface area contributed by atoms with Crippen LogP contribution in [0.3, 0.4) is 0 Å². The lowest BCUT2D eigenvalue weighted by molar-refractivity contribution is 0.145. The molecule has 9 nitrogen and oxygen atoms in total. The Morgan fingerprint density at radius 1 is 1.10 bits per heavy atom. The van der Waals surface area contributed by atoms with Crippen molar-refractivity contribution < 1.29 is 27.8 Å². The van der Waals surface area contributed by atoms with Crippen LogP contribution in [-0.4, -0.2) is 77.3 Å². The highest BCUT2D eigenvalue weighted by molar-refractivity contribution is 6.31. The van der Waals surface area contributed by atoms with Gasteiger partial charge in [0.1, 0.15) is 17.5 Å². The van der Waals surface area contributed by atoms with Gasteiger partial charge in [0.25, 0.3) is 0 Å². The zero-order valence-electron chi connectivity index (χ0n) is 21.2. The van der Waals surface area contributed by atoms with E-state index in [1.807, 2.05) is 0 Å². The van der Waals surface area contributed by atoms with Crippen LogP contribution in [0.2, 0.25) is 5.02 Å². The largest absolute Gasteiger partial charge is 0.490 e. The Balaban J connectivity index is 1.38. The van der Waals surface area contributed by atoms with Crippen molar-refractivity contribution in [2.75, 3.05) is 56.6 Å². The van der Waals surface area contributed by atoms with Crippen LogP contribution < -0.4 is 15.0 Å². The van der Waals surface area contributed by atoms with Gasteiger partial charge in [0.15, 0.2) is 11.6 Å². The van der Waals surface area contributed by atoms with Crippen molar-refractivity contribution in [3.63, 3.8) is 0 Å². The second kappa shape index (κ2) is 13.0. The molecule has 2 heterocycles. The highest BCUT2D eigenvalue weighted by Crippen LogP contribution is 2.27. The predicted octanol–water partition coefficient (Wildman–Crippen LogP) is 4.99. The summed E-state index contributed by atoms with van der Waals surface area (Å²) in [4.78, 5) is 25.4. The number of nitrogens with zero attached hydrogens (tertiary/aromatic N) is 5. The van der Waals surface area contributed by atoms with Crippen LogP contribution in [0.25, 0.3) is 0 Å². The zero-order chi connectivity index (χ0) is 27.9. The Labute approximate surface area is 228 Å². The molecule has 3 aromatic rings. The number of piperazine rings is 1. The maximum atomic E-state index is 14.7. The summed E-state index contributed by atoms with van der Waals surface area (Å²) >= 11 is 5.85. The van der Waals surface area contributed by atoms with Crippen molar-refractivity contribution in [3.05, 3.63) is 70.6 Å². The third-order valence-corrected chi connectivity index (χ3v) is 6.67. The number of likely N-dealkylation sites (N-methyl/N-ethyl adjacent to an activating group) is 1. The van der Waals surface area contributed by atoms with Gasteiger partial charge < -0.3 is 25.0 Å². The number of carboxylic acid groups (broad SMARTS) is 1. The van der Waals surface area contributed by atoms with Crippen molar-refractivity contribution in [3.8, 4) is 5.75 Å². The fourth-order valence-corrected chi connectivity index (χ4v) is 4.26. The van der Waals surface area contributed by atoms with E-state index >= 15 is 0 Å². The summed E-state index contributed by atoms with van der Waals surface area (Å²) in [6, 6.07) is 7.26. The van der Waals surface area contributed by atoms with E-state index in [1.54, 1.807) is 6.07 Å². The van der Waals surface area contributed by atoms with Gasteiger partial charge in [-0.25, -0.2) is 22.9 Å². The van der Waals surface area contributed by atoms with E-state index in [9.17, 15) is 23.1 Å². The van der Waals surface area contributed by atoms with Crippen LogP contribution in [0.5, 0.6) is 5.75 Å². The lowest BCUT2D eigenvalue weighted by Crippen LogP contribution is -2.44. The Kier molecular flexibility index (Phi) is 9.44. The topological polar surface area (TPSA) is 94.1 Å². The maximum absolute atomic E-state index is 14.7. The first-order valence-electron chi connectivity index (χ1n) is 12.3. The highest BCUT2D eigenvalue weighted by Gasteiger charge is 2.22. The van der Waals surface area contributed by atoms with Crippen LogP contribution >= 0.6 is 11.6 Å². The first-order valence-corrected chi connectivity index (χ1v) is 12.6. The molecule has 13 heteroatoms. The number of hydrogen-bond acceptors (Lipinski definition) is 7.